The number of imidazole rings is 1. The highest BCUT2D eigenvalue weighted by Gasteiger charge is 2.42. The average Bonchev–Trinajstić information content (AvgIpc) is 4.02. The van der Waals surface area contributed by atoms with Gasteiger partial charge in [0.25, 0.3) is 0 Å². The van der Waals surface area contributed by atoms with Crippen molar-refractivity contribution in [3.63, 3.8) is 0 Å². The van der Waals surface area contributed by atoms with Crippen LogP contribution in [-0.2, 0) is 24.1 Å². The molecule has 1 aliphatic heterocycles. The molecular weight excluding hydrogens is 944 g/mol. The van der Waals surface area contributed by atoms with Crippen molar-refractivity contribution in [1.29, 1.82) is 0 Å². The van der Waals surface area contributed by atoms with Crippen molar-refractivity contribution in [3.8, 4) is 17.5 Å². The van der Waals surface area contributed by atoms with Crippen LogP contribution in [0.2, 0.25) is 0 Å². The number of amides is 1. The molecule has 0 N–H and O–H groups in total. The minimum absolute atomic E-state index is 0.0449. The number of fused-ring (bicyclic) bond motifs is 1. The molecule has 7 aromatic rings. The standard InChI is InChI=1S/C56H63N8O8P/c1-10-34-69-73(64(39(2)3)40(4)5)72-48-35-50(70-49(48)36-68-56(41-20-14-11-15-21-41,42-26-30-46(66-8)31-27-42)43-28-32-47(67-9)33-29-43)62-38-57-51-52(58-37-61(6)7)59-54(60-53(51)62)71-55(65)63(44-22-16-12-17-23-44)45-24-18-13-19-25-45/h11-33,37-40,50H,10,34-36H2,1-9H3/t50-,73?/m1/s1. The zero-order chi connectivity index (χ0) is 51.5. The molecule has 17 heteroatoms. The highest BCUT2D eigenvalue weighted by atomic mass is 31.2. The summed E-state index contributed by atoms with van der Waals surface area (Å²) in [7, 11) is 5.34. The Hall–Kier alpha value is -7.36. The van der Waals surface area contributed by atoms with Crippen LogP contribution >= 0.6 is 8.53 Å². The van der Waals surface area contributed by atoms with E-state index in [1.165, 1.54) is 4.90 Å². The molecule has 1 amide bonds. The first-order valence-corrected chi connectivity index (χ1v) is 25.4. The van der Waals surface area contributed by atoms with E-state index in [2.05, 4.69) is 61.4 Å². The number of aliphatic imine (C=N–C) groups is 1. The van der Waals surface area contributed by atoms with E-state index in [0.29, 0.717) is 52.2 Å². The van der Waals surface area contributed by atoms with Crippen LogP contribution in [0, 0.1) is 0 Å². The number of carbonyl (C=O) groups is 1. The fraction of sp³-hybridized carbons (Fsp3) is 0.304. The largest absolute Gasteiger partial charge is 0.497 e. The number of benzene rings is 5. The monoisotopic (exact) mass is 1010 g/mol. The van der Waals surface area contributed by atoms with Gasteiger partial charge in [-0.1, -0.05) is 97.9 Å². The van der Waals surface area contributed by atoms with E-state index >= 15 is 0 Å². The summed E-state index contributed by atoms with van der Waals surface area (Å²) in [5.41, 5.74) is 3.26. The molecule has 3 heterocycles. The van der Waals surface area contributed by atoms with Crippen LogP contribution < -0.4 is 19.1 Å². The Labute approximate surface area is 428 Å². The molecule has 0 fully saturated rings. The molecule has 73 heavy (non-hydrogen) atoms. The highest BCUT2D eigenvalue weighted by molar-refractivity contribution is 7.44. The van der Waals surface area contributed by atoms with Gasteiger partial charge in [0.15, 0.2) is 34.7 Å². The normalized spacial score (nSPS) is 14.3. The number of methoxy groups -OCH3 is 2. The van der Waals surface area contributed by atoms with E-state index in [9.17, 15) is 4.79 Å². The topological polar surface area (TPSA) is 147 Å². The van der Waals surface area contributed by atoms with Gasteiger partial charge in [0.2, 0.25) is 0 Å². The quantitative estimate of drug-likeness (QED) is 0.0275. The molecule has 0 radical (unpaired) electrons. The molecule has 1 unspecified atom stereocenters. The van der Waals surface area contributed by atoms with Crippen LogP contribution in [-0.4, -0.2) is 95.1 Å². The Balaban J connectivity index is 1.23. The summed E-state index contributed by atoms with van der Waals surface area (Å²) in [4.78, 5) is 36.5. The summed E-state index contributed by atoms with van der Waals surface area (Å²) >= 11 is 0. The predicted molar refractivity (Wildman–Crippen MR) is 285 cm³/mol. The van der Waals surface area contributed by atoms with Crippen LogP contribution in [0.15, 0.2) is 162 Å². The minimum Gasteiger partial charge on any atom is -0.497 e. The molecular formula is C56H63N8O8P. The Kier molecular flexibility index (Phi) is 17.0. The number of nitrogens with zero attached hydrogens (tertiary/aromatic N) is 8. The van der Waals surface area contributed by atoms with E-state index < -0.39 is 26.4 Å². The Morgan fingerprint density at radius 3 is 1.86 bits per heavy atom. The van der Waals surface area contributed by atoms with Crippen LogP contribution in [0.3, 0.4) is 0 Å². The third-order valence-corrected chi connectivity index (χ3v) is 14.0. The number of carbonyl (C=O) groups excluding carboxylic acids is 1. The van der Waals surface area contributed by atoms with Crippen molar-refractivity contribution < 1.29 is 37.5 Å². The number of para-hydroxylation sites is 2. The van der Waals surface area contributed by atoms with Crippen LogP contribution in [0.25, 0.3) is 11.2 Å². The molecule has 0 saturated heterocycles. The van der Waals surface area contributed by atoms with Gasteiger partial charge in [0.1, 0.15) is 30.0 Å². The van der Waals surface area contributed by atoms with Crippen molar-refractivity contribution in [2.45, 2.75) is 71.4 Å². The van der Waals surface area contributed by atoms with Crippen molar-refractivity contribution >= 4 is 49.3 Å². The molecule has 2 aromatic heterocycles. The Morgan fingerprint density at radius 1 is 0.795 bits per heavy atom. The van der Waals surface area contributed by atoms with Gasteiger partial charge in [0.05, 0.1) is 45.0 Å². The van der Waals surface area contributed by atoms with E-state index in [0.717, 1.165) is 23.1 Å². The number of hydrogen-bond donors (Lipinski definition) is 0. The molecule has 16 nitrogen and oxygen atoms in total. The number of rotatable bonds is 22. The lowest BCUT2D eigenvalue weighted by Crippen LogP contribution is -2.34. The van der Waals surface area contributed by atoms with Crippen LogP contribution in [0.5, 0.6) is 17.5 Å². The zero-order valence-electron chi connectivity index (χ0n) is 42.8. The molecule has 8 rings (SSSR count). The van der Waals surface area contributed by atoms with Crippen LogP contribution in [0.4, 0.5) is 22.0 Å². The van der Waals surface area contributed by atoms with Gasteiger partial charge < -0.3 is 37.6 Å². The second-order valence-electron chi connectivity index (χ2n) is 17.9. The average molecular weight is 1010 g/mol. The lowest BCUT2D eigenvalue weighted by molar-refractivity contribution is -0.0117. The fourth-order valence-electron chi connectivity index (χ4n) is 8.56. The summed E-state index contributed by atoms with van der Waals surface area (Å²) in [6.45, 7) is 11.1. The van der Waals surface area contributed by atoms with Crippen molar-refractivity contribution in [3.05, 3.63) is 174 Å². The first-order valence-electron chi connectivity index (χ1n) is 24.3. The highest BCUT2D eigenvalue weighted by Crippen LogP contribution is 2.52. The third kappa shape index (κ3) is 11.8. The molecule has 2 atom stereocenters. The van der Waals surface area contributed by atoms with E-state index in [1.54, 1.807) is 36.4 Å². The summed E-state index contributed by atoms with van der Waals surface area (Å²) in [6, 6.07) is 44.2. The lowest BCUT2D eigenvalue weighted by atomic mass is 9.80. The summed E-state index contributed by atoms with van der Waals surface area (Å²) in [5, 5.41) is 0. The summed E-state index contributed by atoms with van der Waals surface area (Å²) in [5.74, 6) is 2.58. The second kappa shape index (κ2) is 23.9. The number of anilines is 2. The van der Waals surface area contributed by atoms with Gasteiger partial charge in [-0.3, -0.25) is 4.57 Å². The van der Waals surface area contributed by atoms with E-state index in [-0.39, 0.29) is 36.9 Å². The maximum absolute atomic E-state index is 14.3. The zero-order valence-corrected chi connectivity index (χ0v) is 43.7. The SMILES string of the molecule is CCCOP(OC1=C(COC(c2ccccc2)(c2ccc(OC)cc2)c2ccc(OC)cc2)O[C@@H](n2cnc3c(N=CN(C)C)nc(OC(=O)N(c4ccccc4)c4ccccc4)nc32)C1)N(C(C)C)C(C)C. The fourth-order valence-corrected chi connectivity index (χ4v) is 10.3. The second-order valence-corrected chi connectivity index (χ2v) is 19.3. The molecule has 0 aliphatic carbocycles. The van der Waals surface area contributed by atoms with Gasteiger partial charge in [0, 0.05) is 26.2 Å². The van der Waals surface area contributed by atoms with Gasteiger partial charge in [-0.2, -0.15) is 9.97 Å². The first-order chi connectivity index (χ1) is 35.4. The third-order valence-electron chi connectivity index (χ3n) is 11.9. The maximum Gasteiger partial charge on any atom is 0.426 e. The van der Waals surface area contributed by atoms with Crippen molar-refractivity contribution in [2.24, 2.45) is 4.99 Å². The van der Waals surface area contributed by atoms with Gasteiger partial charge in [-0.25, -0.2) is 24.3 Å². The molecule has 1 aliphatic rings. The predicted octanol–water partition coefficient (Wildman–Crippen LogP) is 12.3. The van der Waals surface area contributed by atoms with E-state index in [4.69, 9.17) is 42.7 Å². The Bertz CT molecular complexity index is 2860. The minimum atomic E-state index is -1.64. The van der Waals surface area contributed by atoms with Crippen molar-refractivity contribution in [2.75, 3.05) is 46.4 Å². The first kappa shape index (κ1) is 52.0. The van der Waals surface area contributed by atoms with Gasteiger partial charge in [-0.05, 0) is 99.3 Å². The van der Waals surface area contributed by atoms with Crippen LogP contribution in [0.1, 0.15) is 70.4 Å². The smallest absolute Gasteiger partial charge is 0.426 e. The Morgan fingerprint density at radius 2 is 1.34 bits per heavy atom. The summed E-state index contributed by atoms with van der Waals surface area (Å²) in [6.07, 6.45) is 2.76. The lowest BCUT2D eigenvalue weighted by Gasteiger charge is -2.36. The number of ether oxygens (including phenoxy) is 5. The molecule has 0 saturated carbocycles. The summed E-state index contributed by atoms with van der Waals surface area (Å²) < 4.78 is 49.5. The van der Waals surface area contributed by atoms with E-state index in [1.807, 2.05) is 141 Å². The molecule has 380 valence electrons. The van der Waals surface area contributed by atoms with Gasteiger partial charge >= 0.3 is 20.6 Å². The molecule has 0 bridgehead atoms. The maximum atomic E-state index is 14.3. The molecule has 5 aromatic carbocycles. The van der Waals surface area contributed by atoms with Crippen molar-refractivity contribution in [1.82, 2.24) is 29.1 Å². The molecule has 0 spiro atoms. The number of hydrogen-bond acceptors (Lipinski definition) is 13. The number of aromatic nitrogens is 4. The van der Waals surface area contributed by atoms with Gasteiger partial charge in [-0.15, -0.1) is 0 Å².